The van der Waals surface area contributed by atoms with E-state index in [1.165, 1.54) is 18.4 Å². The highest BCUT2D eigenvalue weighted by Gasteiger charge is 2.16. The second-order valence-corrected chi connectivity index (χ2v) is 7.99. The van der Waals surface area contributed by atoms with Gasteiger partial charge in [0.25, 0.3) is 0 Å². The maximum Gasteiger partial charge on any atom is 0.242 e. The number of nitrogens with zero attached hydrogens (tertiary/aromatic N) is 3. The van der Waals surface area contributed by atoms with Gasteiger partial charge < -0.3 is 9.30 Å². The Morgan fingerprint density at radius 1 is 1.27 bits per heavy atom. The average molecular weight is 341 g/mol. The molecule has 1 heterocycles. The molecule has 0 aliphatic rings. The standard InChI is InChI=1S/C14H19N3O3S2/c1-16(2)22(18,19)13-6-4-12(5-7-13)20-10-11-21-14-15-8-9-17(14)3/h4-9H,10-11H2,1-3H3. The van der Waals surface area contributed by atoms with Crippen LogP contribution in [0.15, 0.2) is 46.7 Å². The molecule has 1 aromatic carbocycles. The summed E-state index contributed by atoms with van der Waals surface area (Å²) in [6.45, 7) is 0.525. The summed E-state index contributed by atoms with van der Waals surface area (Å²) in [4.78, 5) is 4.47. The van der Waals surface area contributed by atoms with Crippen molar-refractivity contribution in [2.24, 2.45) is 7.05 Å². The summed E-state index contributed by atoms with van der Waals surface area (Å²) in [6.07, 6.45) is 3.65. The fraction of sp³-hybridized carbons (Fsp3) is 0.357. The number of aryl methyl sites for hydroxylation is 1. The predicted molar refractivity (Wildman–Crippen MR) is 86.7 cm³/mol. The molecule has 0 fully saturated rings. The van der Waals surface area contributed by atoms with Crippen molar-refractivity contribution in [1.29, 1.82) is 0 Å². The van der Waals surface area contributed by atoms with E-state index in [0.717, 1.165) is 10.9 Å². The first-order valence-corrected chi connectivity index (χ1v) is 9.09. The van der Waals surface area contributed by atoms with Gasteiger partial charge in [0.15, 0.2) is 5.16 Å². The molecule has 0 saturated heterocycles. The Balaban J connectivity index is 1.86. The van der Waals surface area contributed by atoms with Gasteiger partial charge in [-0.2, -0.15) is 0 Å². The molecule has 2 aromatic rings. The second-order valence-electron chi connectivity index (χ2n) is 4.78. The number of hydrogen-bond donors (Lipinski definition) is 0. The van der Waals surface area contributed by atoms with Gasteiger partial charge in [0.1, 0.15) is 5.75 Å². The SMILES string of the molecule is CN(C)S(=O)(=O)c1ccc(OCCSc2nccn2C)cc1. The molecular weight excluding hydrogens is 322 g/mol. The fourth-order valence-electron chi connectivity index (χ4n) is 1.70. The van der Waals surface area contributed by atoms with E-state index in [9.17, 15) is 8.42 Å². The van der Waals surface area contributed by atoms with Crippen molar-refractivity contribution in [3.8, 4) is 5.75 Å². The molecule has 0 saturated carbocycles. The van der Waals surface area contributed by atoms with Crippen molar-refractivity contribution in [2.75, 3.05) is 26.5 Å². The monoisotopic (exact) mass is 341 g/mol. The van der Waals surface area contributed by atoms with Crippen molar-refractivity contribution in [2.45, 2.75) is 10.1 Å². The normalized spacial score (nSPS) is 11.8. The van der Waals surface area contributed by atoms with Crippen LogP contribution in [-0.2, 0) is 17.1 Å². The van der Waals surface area contributed by atoms with Crippen molar-refractivity contribution in [3.05, 3.63) is 36.7 Å². The topological polar surface area (TPSA) is 64.4 Å². The first-order valence-electron chi connectivity index (χ1n) is 6.67. The van der Waals surface area contributed by atoms with Gasteiger partial charge >= 0.3 is 0 Å². The Hall–Kier alpha value is -1.51. The van der Waals surface area contributed by atoms with E-state index in [-0.39, 0.29) is 4.90 Å². The van der Waals surface area contributed by atoms with Gasteiger partial charge in [-0.15, -0.1) is 0 Å². The Labute approximate surface area is 135 Å². The lowest BCUT2D eigenvalue weighted by atomic mass is 10.3. The maximum atomic E-state index is 11.9. The van der Waals surface area contributed by atoms with E-state index in [1.807, 2.05) is 17.8 Å². The van der Waals surface area contributed by atoms with Crippen LogP contribution in [0.3, 0.4) is 0 Å². The van der Waals surface area contributed by atoms with E-state index < -0.39 is 10.0 Å². The Morgan fingerprint density at radius 3 is 2.50 bits per heavy atom. The smallest absolute Gasteiger partial charge is 0.242 e. The second kappa shape index (κ2) is 7.17. The summed E-state index contributed by atoms with van der Waals surface area (Å²) < 4.78 is 32.6. The number of aromatic nitrogens is 2. The molecule has 0 aliphatic heterocycles. The van der Waals surface area contributed by atoms with E-state index in [0.29, 0.717) is 12.4 Å². The van der Waals surface area contributed by atoms with Crippen LogP contribution in [0.25, 0.3) is 0 Å². The predicted octanol–water partition coefficient (Wildman–Crippen LogP) is 1.84. The summed E-state index contributed by atoms with van der Waals surface area (Å²) in [5, 5.41) is 0.941. The van der Waals surface area contributed by atoms with Crippen LogP contribution < -0.4 is 4.74 Å². The summed E-state index contributed by atoms with van der Waals surface area (Å²) in [5.41, 5.74) is 0. The number of thioether (sulfide) groups is 1. The molecule has 120 valence electrons. The Kier molecular flexibility index (Phi) is 5.49. The molecule has 1 aromatic heterocycles. The molecule has 0 aliphatic carbocycles. The third-order valence-electron chi connectivity index (χ3n) is 2.96. The van der Waals surface area contributed by atoms with Crippen LogP contribution in [0.4, 0.5) is 0 Å². The van der Waals surface area contributed by atoms with Gasteiger partial charge in [0.2, 0.25) is 10.0 Å². The molecule has 0 bridgehead atoms. The van der Waals surface area contributed by atoms with Gasteiger partial charge in [-0.25, -0.2) is 17.7 Å². The molecular formula is C14H19N3O3S2. The highest BCUT2D eigenvalue weighted by Crippen LogP contribution is 2.19. The zero-order valence-electron chi connectivity index (χ0n) is 12.8. The molecule has 2 rings (SSSR count). The first-order chi connectivity index (χ1) is 10.4. The lowest BCUT2D eigenvalue weighted by Gasteiger charge is -2.12. The summed E-state index contributed by atoms with van der Waals surface area (Å²) in [5.74, 6) is 1.42. The minimum absolute atomic E-state index is 0.257. The van der Waals surface area contributed by atoms with Crippen LogP contribution in [0, 0.1) is 0 Å². The van der Waals surface area contributed by atoms with Gasteiger partial charge in [-0.3, -0.25) is 0 Å². The molecule has 0 atom stereocenters. The number of benzene rings is 1. The minimum Gasteiger partial charge on any atom is -0.493 e. The van der Waals surface area contributed by atoms with Gasteiger partial charge in [0, 0.05) is 39.3 Å². The van der Waals surface area contributed by atoms with Gasteiger partial charge in [-0.1, -0.05) is 11.8 Å². The summed E-state index contributed by atoms with van der Waals surface area (Å²) in [7, 11) is 1.57. The summed E-state index contributed by atoms with van der Waals surface area (Å²) >= 11 is 1.61. The van der Waals surface area contributed by atoms with Crippen molar-refractivity contribution < 1.29 is 13.2 Å². The Bertz CT molecular complexity index is 709. The number of hydrogen-bond acceptors (Lipinski definition) is 5. The van der Waals surface area contributed by atoms with E-state index in [2.05, 4.69) is 4.98 Å². The number of imidazole rings is 1. The highest BCUT2D eigenvalue weighted by atomic mass is 32.2. The molecule has 0 radical (unpaired) electrons. The maximum absolute atomic E-state index is 11.9. The lowest BCUT2D eigenvalue weighted by molar-refractivity contribution is 0.343. The van der Waals surface area contributed by atoms with Crippen molar-refractivity contribution in [1.82, 2.24) is 13.9 Å². The van der Waals surface area contributed by atoms with Crippen LogP contribution in [0.2, 0.25) is 0 Å². The average Bonchev–Trinajstić information content (AvgIpc) is 2.89. The molecule has 0 N–H and O–H groups in total. The zero-order chi connectivity index (χ0) is 16.2. The first kappa shape index (κ1) is 16.9. The van der Waals surface area contributed by atoms with Gasteiger partial charge in [0.05, 0.1) is 11.5 Å². The van der Waals surface area contributed by atoms with E-state index in [1.54, 1.807) is 42.2 Å². The molecule has 6 nitrogen and oxygen atoms in total. The van der Waals surface area contributed by atoms with Crippen LogP contribution in [-0.4, -0.2) is 48.7 Å². The number of ether oxygens (including phenoxy) is 1. The molecule has 0 spiro atoms. The molecule has 22 heavy (non-hydrogen) atoms. The third kappa shape index (κ3) is 4.02. The van der Waals surface area contributed by atoms with E-state index in [4.69, 9.17) is 4.74 Å². The minimum atomic E-state index is -3.39. The van der Waals surface area contributed by atoms with Crippen molar-refractivity contribution in [3.63, 3.8) is 0 Å². The highest BCUT2D eigenvalue weighted by molar-refractivity contribution is 7.99. The lowest BCUT2D eigenvalue weighted by Crippen LogP contribution is -2.22. The summed E-state index contributed by atoms with van der Waals surface area (Å²) in [6, 6.07) is 6.44. The molecule has 0 unspecified atom stereocenters. The van der Waals surface area contributed by atoms with Gasteiger partial charge in [-0.05, 0) is 24.3 Å². The third-order valence-corrected chi connectivity index (χ3v) is 5.81. The van der Waals surface area contributed by atoms with Crippen LogP contribution in [0.1, 0.15) is 0 Å². The van der Waals surface area contributed by atoms with E-state index >= 15 is 0 Å². The molecule has 0 amide bonds. The number of rotatable bonds is 7. The Morgan fingerprint density at radius 2 is 1.95 bits per heavy atom. The fourth-order valence-corrected chi connectivity index (χ4v) is 3.35. The van der Waals surface area contributed by atoms with Crippen LogP contribution >= 0.6 is 11.8 Å². The number of sulfonamides is 1. The quantitative estimate of drug-likeness (QED) is 0.568. The van der Waals surface area contributed by atoms with Crippen molar-refractivity contribution >= 4 is 21.8 Å². The molecule has 8 heteroatoms. The largest absolute Gasteiger partial charge is 0.493 e. The zero-order valence-corrected chi connectivity index (χ0v) is 14.4. The van der Waals surface area contributed by atoms with Crippen LogP contribution in [0.5, 0.6) is 5.75 Å².